The van der Waals surface area contributed by atoms with Crippen molar-refractivity contribution in [2.24, 2.45) is 0 Å². The molecule has 0 radical (unpaired) electrons. The Morgan fingerprint density at radius 3 is 3.00 bits per heavy atom. The van der Waals surface area contributed by atoms with Gasteiger partial charge in [0.15, 0.2) is 0 Å². The molecule has 1 fully saturated rings. The van der Waals surface area contributed by atoms with Crippen molar-refractivity contribution in [3.05, 3.63) is 30.9 Å². The summed E-state index contributed by atoms with van der Waals surface area (Å²) in [4.78, 5) is 18.2. The van der Waals surface area contributed by atoms with E-state index >= 15 is 0 Å². The van der Waals surface area contributed by atoms with Crippen LogP contribution >= 0.6 is 0 Å². The highest BCUT2D eigenvalue weighted by atomic mass is 16.6. The topological polar surface area (TPSA) is 47.4 Å². The number of hydrogen-bond donors (Lipinski definition) is 0. The third-order valence-electron chi connectivity index (χ3n) is 3.56. The van der Waals surface area contributed by atoms with Crippen molar-refractivity contribution in [1.29, 1.82) is 0 Å². The molecular weight excluding hydrogens is 266 g/mol. The number of allylic oxidation sites excluding steroid dienone is 1. The van der Waals surface area contributed by atoms with Gasteiger partial charge in [-0.15, -0.1) is 6.58 Å². The SMILES string of the molecule is C=CCn1cncc1C1CCCN(C(=O)OC(C)(C)C)C1. The Morgan fingerprint density at radius 1 is 1.57 bits per heavy atom. The molecule has 1 amide bonds. The van der Waals surface area contributed by atoms with E-state index in [1.54, 1.807) is 0 Å². The Kier molecular flexibility index (Phi) is 4.70. The molecule has 1 aliphatic heterocycles. The highest BCUT2D eigenvalue weighted by molar-refractivity contribution is 5.68. The summed E-state index contributed by atoms with van der Waals surface area (Å²) in [6.07, 6.45) is 7.42. The highest BCUT2D eigenvalue weighted by Crippen LogP contribution is 2.27. The molecule has 1 aromatic heterocycles. The van der Waals surface area contributed by atoms with Crippen LogP contribution in [0.3, 0.4) is 0 Å². The summed E-state index contributed by atoms with van der Waals surface area (Å²) in [6, 6.07) is 0. The van der Waals surface area contributed by atoms with Gasteiger partial charge < -0.3 is 14.2 Å². The molecule has 2 heterocycles. The van der Waals surface area contributed by atoms with E-state index in [9.17, 15) is 4.79 Å². The maximum atomic E-state index is 12.2. The van der Waals surface area contributed by atoms with Crippen LogP contribution in [-0.2, 0) is 11.3 Å². The van der Waals surface area contributed by atoms with E-state index in [4.69, 9.17) is 4.74 Å². The van der Waals surface area contributed by atoms with Crippen molar-refractivity contribution >= 4 is 6.09 Å². The maximum absolute atomic E-state index is 12.2. The van der Waals surface area contributed by atoms with Crippen LogP contribution in [0, 0.1) is 0 Å². The maximum Gasteiger partial charge on any atom is 0.410 e. The average molecular weight is 291 g/mol. The van der Waals surface area contributed by atoms with Crippen LogP contribution in [0.4, 0.5) is 4.79 Å². The zero-order chi connectivity index (χ0) is 15.5. The summed E-state index contributed by atoms with van der Waals surface area (Å²) in [7, 11) is 0. The number of likely N-dealkylation sites (tertiary alicyclic amines) is 1. The van der Waals surface area contributed by atoms with Crippen molar-refractivity contribution in [3.8, 4) is 0 Å². The van der Waals surface area contributed by atoms with Crippen LogP contribution in [0.2, 0.25) is 0 Å². The molecule has 21 heavy (non-hydrogen) atoms. The van der Waals surface area contributed by atoms with Crippen molar-refractivity contribution in [2.45, 2.75) is 51.7 Å². The minimum atomic E-state index is -0.450. The van der Waals surface area contributed by atoms with Gasteiger partial charge in [-0.3, -0.25) is 0 Å². The molecule has 5 nitrogen and oxygen atoms in total. The van der Waals surface area contributed by atoms with Crippen molar-refractivity contribution < 1.29 is 9.53 Å². The normalized spacial score (nSPS) is 19.4. The second-order valence-electron chi connectivity index (χ2n) is 6.53. The molecule has 1 unspecified atom stereocenters. The molecule has 0 saturated carbocycles. The van der Waals surface area contributed by atoms with E-state index in [-0.39, 0.29) is 6.09 Å². The summed E-state index contributed by atoms with van der Waals surface area (Å²) < 4.78 is 7.56. The van der Waals surface area contributed by atoms with Gasteiger partial charge in [-0.05, 0) is 33.6 Å². The number of hydrogen-bond acceptors (Lipinski definition) is 3. The molecule has 0 aromatic carbocycles. The van der Waals surface area contributed by atoms with E-state index in [2.05, 4.69) is 16.1 Å². The van der Waals surface area contributed by atoms with Crippen LogP contribution in [0.5, 0.6) is 0 Å². The third kappa shape index (κ3) is 4.09. The lowest BCUT2D eigenvalue weighted by atomic mass is 9.95. The number of nitrogens with zero attached hydrogens (tertiary/aromatic N) is 3. The molecule has 1 aliphatic rings. The molecular formula is C16H25N3O2. The Balaban J connectivity index is 2.05. The fourth-order valence-electron chi connectivity index (χ4n) is 2.67. The van der Waals surface area contributed by atoms with Crippen molar-refractivity contribution in [3.63, 3.8) is 0 Å². The number of imidazole rings is 1. The Bertz CT molecular complexity index is 502. The van der Waals surface area contributed by atoms with Gasteiger partial charge in [0.25, 0.3) is 0 Å². The van der Waals surface area contributed by atoms with Gasteiger partial charge in [0.1, 0.15) is 5.60 Å². The van der Waals surface area contributed by atoms with Crippen LogP contribution in [0.15, 0.2) is 25.2 Å². The minimum Gasteiger partial charge on any atom is -0.444 e. The second-order valence-corrected chi connectivity index (χ2v) is 6.53. The number of piperidine rings is 1. The molecule has 0 bridgehead atoms. The number of carbonyl (C=O) groups excluding carboxylic acids is 1. The Labute approximate surface area is 126 Å². The molecule has 2 rings (SSSR count). The van der Waals surface area contributed by atoms with Crippen LogP contribution in [0.25, 0.3) is 0 Å². The summed E-state index contributed by atoms with van der Waals surface area (Å²) in [5.74, 6) is 0.314. The predicted octanol–water partition coefficient (Wildman–Crippen LogP) is 3.18. The number of aromatic nitrogens is 2. The van der Waals surface area contributed by atoms with Gasteiger partial charge >= 0.3 is 6.09 Å². The zero-order valence-corrected chi connectivity index (χ0v) is 13.2. The van der Waals surface area contributed by atoms with E-state index < -0.39 is 5.60 Å². The highest BCUT2D eigenvalue weighted by Gasteiger charge is 2.29. The first-order valence-corrected chi connectivity index (χ1v) is 7.49. The quantitative estimate of drug-likeness (QED) is 0.804. The second kappa shape index (κ2) is 6.33. The van der Waals surface area contributed by atoms with Crippen LogP contribution in [0.1, 0.15) is 45.2 Å². The largest absolute Gasteiger partial charge is 0.444 e. The minimum absolute atomic E-state index is 0.220. The van der Waals surface area contributed by atoms with E-state index in [0.717, 1.165) is 25.9 Å². The Morgan fingerprint density at radius 2 is 2.33 bits per heavy atom. The van der Waals surface area contributed by atoms with Gasteiger partial charge in [0, 0.05) is 37.4 Å². The lowest BCUT2D eigenvalue weighted by molar-refractivity contribution is 0.0196. The molecule has 1 saturated heterocycles. The molecule has 0 aliphatic carbocycles. The molecule has 1 atom stereocenters. The van der Waals surface area contributed by atoms with Gasteiger partial charge in [0.2, 0.25) is 0 Å². The standard InChI is InChI=1S/C16H25N3O2/c1-5-8-19-12-17-10-14(19)13-7-6-9-18(11-13)15(20)21-16(2,3)4/h5,10,12-13H,1,6-9,11H2,2-4H3. The van der Waals surface area contributed by atoms with E-state index in [1.807, 2.05) is 44.3 Å². The Hall–Kier alpha value is -1.78. The number of carbonyl (C=O) groups is 1. The lowest BCUT2D eigenvalue weighted by Crippen LogP contribution is -2.42. The number of ether oxygens (including phenoxy) is 1. The molecule has 1 aromatic rings. The van der Waals surface area contributed by atoms with Crippen LogP contribution in [-0.4, -0.2) is 39.2 Å². The van der Waals surface area contributed by atoms with Gasteiger partial charge in [-0.1, -0.05) is 6.08 Å². The molecule has 0 spiro atoms. The summed E-state index contributed by atoms with van der Waals surface area (Å²) in [5.41, 5.74) is 0.720. The molecule has 116 valence electrons. The molecule has 0 N–H and O–H groups in total. The smallest absolute Gasteiger partial charge is 0.410 e. The zero-order valence-electron chi connectivity index (χ0n) is 13.2. The lowest BCUT2D eigenvalue weighted by Gasteiger charge is -2.34. The summed E-state index contributed by atoms with van der Waals surface area (Å²) in [6.45, 7) is 11.7. The third-order valence-corrected chi connectivity index (χ3v) is 3.56. The first kappa shape index (κ1) is 15.6. The summed E-state index contributed by atoms with van der Waals surface area (Å²) in [5, 5.41) is 0. The first-order valence-electron chi connectivity index (χ1n) is 7.49. The van der Waals surface area contributed by atoms with E-state index in [0.29, 0.717) is 12.5 Å². The fourth-order valence-corrected chi connectivity index (χ4v) is 2.67. The summed E-state index contributed by atoms with van der Waals surface area (Å²) >= 11 is 0. The number of amides is 1. The van der Waals surface area contributed by atoms with Gasteiger partial charge in [-0.25, -0.2) is 9.78 Å². The van der Waals surface area contributed by atoms with Gasteiger partial charge in [0.05, 0.1) is 6.33 Å². The van der Waals surface area contributed by atoms with Crippen molar-refractivity contribution in [2.75, 3.05) is 13.1 Å². The monoisotopic (exact) mass is 291 g/mol. The van der Waals surface area contributed by atoms with Gasteiger partial charge in [-0.2, -0.15) is 0 Å². The average Bonchev–Trinajstić information content (AvgIpc) is 2.86. The van der Waals surface area contributed by atoms with Crippen molar-refractivity contribution in [1.82, 2.24) is 14.5 Å². The molecule has 5 heteroatoms. The fraction of sp³-hybridized carbons (Fsp3) is 0.625. The number of rotatable bonds is 3. The van der Waals surface area contributed by atoms with Crippen LogP contribution < -0.4 is 0 Å². The first-order chi connectivity index (χ1) is 9.90. The van der Waals surface area contributed by atoms with E-state index in [1.165, 1.54) is 5.69 Å². The predicted molar refractivity (Wildman–Crippen MR) is 82.2 cm³/mol.